The van der Waals surface area contributed by atoms with Crippen LogP contribution < -0.4 is 0 Å². The van der Waals surface area contributed by atoms with Crippen molar-refractivity contribution in [3.63, 3.8) is 0 Å². The summed E-state index contributed by atoms with van der Waals surface area (Å²) in [7, 11) is 0. The Hall–Kier alpha value is -1.25. The third-order valence-corrected chi connectivity index (χ3v) is 3.34. The average molecular weight is 207 g/mol. The number of aromatic amines is 1. The second-order valence-electron chi connectivity index (χ2n) is 4.27. The maximum absolute atomic E-state index is 11.2. The predicted octanol–water partition coefficient (Wildman–Crippen LogP) is 2.39. The van der Waals surface area contributed by atoms with E-state index in [1.54, 1.807) is 0 Å². The van der Waals surface area contributed by atoms with E-state index in [2.05, 4.69) is 4.98 Å². The minimum atomic E-state index is -0.700. The molecule has 1 aromatic heterocycles. The number of hydrogen-bond acceptors (Lipinski definition) is 1. The SMILES string of the molecule is CCC(C(=O)O)c1c(C)[nH]c2c1CCC2. The number of fused-ring (bicyclic) bond motifs is 1. The van der Waals surface area contributed by atoms with Gasteiger partial charge in [0.15, 0.2) is 0 Å². The van der Waals surface area contributed by atoms with Crippen LogP contribution in [0.1, 0.15) is 48.2 Å². The molecule has 1 aliphatic rings. The third-order valence-electron chi connectivity index (χ3n) is 3.34. The zero-order valence-corrected chi connectivity index (χ0v) is 9.26. The van der Waals surface area contributed by atoms with E-state index in [9.17, 15) is 9.90 Å². The van der Waals surface area contributed by atoms with E-state index < -0.39 is 5.97 Å². The monoisotopic (exact) mass is 207 g/mol. The summed E-state index contributed by atoms with van der Waals surface area (Å²) in [6.07, 6.45) is 3.94. The van der Waals surface area contributed by atoms with Crippen molar-refractivity contribution in [1.29, 1.82) is 0 Å². The normalized spacial score (nSPS) is 16.4. The standard InChI is InChI=1S/C12H17NO2/c1-3-8(12(14)15)11-7(2)13-10-6-4-5-9(10)11/h8,13H,3-6H2,1-2H3,(H,14,15). The minimum Gasteiger partial charge on any atom is -0.481 e. The Morgan fingerprint density at radius 3 is 2.87 bits per heavy atom. The highest BCUT2D eigenvalue weighted by Gasteiger charge is 2.28. The maximum Gasteiger partial charge on any atom is 0.311 e. The summed E-state index contributed by atoms with van der Waals surface area (Å²) in [6, 6.07) is 0. The van der Waals surface area contributed by atoms with Gasteiger partial charge in [0.25, 0.3) is 0 Å². The predicted molar refractivity (Wildman–Crippen MR) is 58.2 cm³/mol. The first-order valence-corrected chi connectivity index (χ1v) is 5.58. The van der Waals surface area contributed by atoms with E-state index in [0.29, 0.717) is 6.42 Å². The Balaban J connectivity index is 2.46. The molecule has 0 bridgehead atoms. The largest absolute Gasteiger partial charge is 0.481 e. The van der Waals surface area contributed by atoms with Gasteiger partial charge in [-0.05, 0) is 43.7 Å². The van der Waals surface area contributed by atoms with Gasteiger partial charge in [-0.2, -0.15) is 0 Å². The molecule has 0 aromatic carbocycles. The maximum atomic E-state index is 11.2. The van der Waals surface area contributed by atoms with Gasteiger partial charge in [0, 0.05) is 11.4 Å². The average Bonchev–Trinajstić information content (AvgIpc) is 2.69. The quantitative estimate of drug-likeness (QED) is 0.799. The van der Waals surface area contributed by atoms with Crippen molar-refractivity contribution in [3.8, 4) is 0 Å². The number of hydrogen-bond donors (Lipinski definition) is 2. The van der Waals surface area contributed by atoms with Crippen LogP contribution in [0, 0.1) is 6.92 Å². The van der Waals surface area contributed by atoms with Gasteiger partial charge in [-0.15, -0.1) is 0 Å². The highest BCUT2D eigenvalue weighted by Crippen LogP contribution is 2.34. The smallest absolute Gasteiger partial charge is 0.311 e. The summed E-state index contributed by atoms with van der Waals surface area (Å²) in [5.74, 6) is -1.03. The van der Waals surface area contributed by atoms with Crippen LogP contribution in [0.2, 0.25) is 0 Å². The molecular formula is C12H17NO2. The molecule has 82 valence electrons. The molecule has 1 atom stereocenters. The molecule has 2 rings (SSSR count). The van der Waals surface area contributed by atoms with Crippen LogP contribution in [0.15, 0.2) is 0 Å². The highest BCUT2D eigenvalue weighted by molar-refractivity contribution is 5.77. The number of rotatable bonds is 3. The summed E-state index contributed by atoms with van der Waals surface area (Å²) in [6.45, 7) is 3.92. The number of carbonyl (C=O) groups is 1. The van der Waals surface area contributed by atoms with E-state index in [-0.39, 0.29) is 5.92 Å². The topological polar surface area (TPSA) is 53.1 Å². The third kappa shape index (κ3) is 1.56. The molecule has 0 saturated carbocycles. The van der Waals surface area contributed by atoms with Crippen LogP contribution in [0.25, 0.3) is 0 Å². The van der Waals surface area contributed by atoms with Gasteiger partial charge in [-0.25, -0.2) is 0 Å². The van der Waals surface area contributed by atoms with Crippen molar-refractivity contribution in [2.75, 3.05) is 0 Å². The number of nitrogens with one attached hydrogen (secondary N) is 1. The van der Waals surface area contributed by atoms with Crippen molar-refractivity contribution >= 4 is 5.97 Å². The van der Waals surface area contributed by atoms with Gasteiger partial charge in [-0.1, -0.05) is 6.92 Å². The Kier molecular flexibility index (Phi) is 2.55. The number of carboxylic acid groups (broad SMARTS) is 1. The molecule has 0 amide bonds. The van der Waals surface area contributed by atoms with Crippen molar-refractivity contribution in [2.45, 2.75) is 45.4 Å². The number of aromatic nitrogens is 1. The van der Waals surface area contributed by atoms with Crippen LogP contribution in [0.5, 0.6) is 0 Å². The van der Waals surface area contributed by atoms with Crippen molar-refractivity contribution in [2.24, 2.45) is 0 Å². The lowest BCUT2D eigenvalue weighted by molar-refractivity contribution is -0.138. The first kappa shape index (κ1) is 10.3. The first-order valence-electron chi connectivity index (χ1n) is 5.58. The molecule has 0 radical (unpaired) electrons. The van der Waals surface area contributed by atoms with Gasteiger partial charge < -0.3 is 10.1 Å². The minimum absolute atomic E-state index is 0.330. The number of aryl methyl sites for hydroxylation is 2. The summed E-state index contributed by atoms with van der Waals surface area (Å²) >= 11 is 0. The molecule has 0 aliphatic heterocycles. The van der Waals surface area contributed by atoms with Crippen molar-refractivity contribution < 1.29 is 9.90 Å². The zero-order chi connectivity index (χ0) is 11.0. The first-order chi connectivity index (χ1) is 7.15. The fraction of sp³-hybridized carbons (Fsp3) is 0.583. The molecule has 3 nitrogen and oxygen atoms in total. The Bertz CT molecular complexity index is 393. The molecule has 0 saturated heterocycles. The van der Waals surface area contributed by atoms with E-state index in [1.807, 2.05) is 13.8 Å². The lowest BCUT2D eigenvalue weighted by atomic mass is 9.92. The van der Waals surface area contributed by atoms with Gasteiger partial charge >= 0.3 is 5.97 Å². The molecule has 3 heteroatoms. The van der Waals surface area contributed by atoms with E-state index in [1.165, 1.54) is 11.3 Å². The Morgan fingerprint density at radius 2 is 2.27 bits per heavy atom. The van der Waals surface area contributed by atoms with Gasteiger partial charge in [0.1, 0.15) is 0 Å². The van der Waals surface area contributed by atoms with Gasteiger partial charge in [0.2, 0.25) is 0 Å². The summed E-state index contributed by atoms with van der Waals surface area (Å²) in [5, 5.41) is 9.19. The fourth-order valence-corrected chi connectivity index (χ4v) is 2.67. The van der Waals surface area contributed by atoms with E-state index in [0.717, 1.165) is 30.5 Å². The molecule has 1 heterocycles. The molecule has 1 aromatic rings. The molecule has 0 spiro atoms. The van der Waals surface area contributed by atoms with Crippen LogP contribution in [-0.4, -0.2) is 16.1 Å². The van der Waals surface area contributed by atoms with E-state index >= 15 is 0 Å². The Morgan fingerprint density at radius 1 is 1.53 bits per heavy atom. The number of aliphatic carboxylic acids is 1. The van der Waals surface area contributed by atoms with Crippen molar-refractivity contribution in [1.82, 2.24) is 4.98 Å². The van der Waals surface area contributed by atoms with Crippen LogP contribution in [0.3, 0.4) is 0 Å². The second-order valence-corrected chi connectivity index (χ2v) is 4.27. The molecular weight excluding hydrogens is 190 g/mol. The van der Waals surface area contributed by atoms with Crippen LogP contribution in [-0.2, 0) is 17.6 Å². The second kappa shape index (κ2) is 3.72. The summed E-state index contributed by atoms with van der Waals surface area (Å²) in [4.78, 5) is 14.5. The summed E-state index contributed by atoms with van der Waals surface area (Å²) < 4.78 is 0. The summed E-state index contributed by atoms with van der Waals surface area (Å²) in [5.41, 5.74) is 4.65. The lowest BCUT2D eigenvalue weighted by Crippen LogP contribution is -2.12. The molecule has 0 fully saturated rings. The molecule has 1 aliphatic carbocycles. The zero-order valence-electron chi connectivity index (χ0n) is 9.26. The van der Waals surface area contributed by atoms with Gasteiger partial charge in [-0.3, -0.25) is 4.79 Å². The van der Waals surface area contributed by atoms with Crippen molar-refractivity contribution in [3.05, 3.63) is 22.5 Å². The lowest BCUT2D eigenvalue weighted by Gasteiger charge is -2.11. The molecule has 1 unspecified atom stereocenters. The highest BCUT2D eigenvalue weighted by atomic mass is 16.4. The molecule has 2 N–H and O–H groups in total. The Labute approximate surface area is 89.5 Å². The number of H-pyrrole nitrogens is 1. The van der Waals surface area contributed by atoms with Crippen LogP contribution in [0.4, 0.5) is 0 Å². The number of carboxylic acids is 1. The fourth-order valence-electron chi connectivity index (χ4n) is 2.67. The van der Waals surface area contributed by atoms with Crippen LogP contribution >= 0.6 is 0 Å². The molecule has 15 heavy (non-hydrogen) atoms. The van der Waals surface area contributed by atoms with Gasteiger partial charge in [0.05, 0.1) is 5.92 Å². The van der Waals surface area contributed by atoms with E-state index in [4.69, 9.17) is 0 Å².